The van der Waals surface area contributed by atoms with Crippen LogP contribution in [0.25, 0.3) is 67.2 Å². The van der Waals surface area contributed by atoms with Gasteiger partial charge in [-0.15, -0.1) is 0 Å². The second-order valence-corrected chi connectivity index (χ2v) is 9.45. The average molecular weight is 510 g/mol. The van der Waals surface area contributed by atoms with E-state index in [9.17, 15) is 0 Å². The van der Waals surface area contributed by atoms with Gasteiger partial charge in [-0.3, -0.25) is 0 Å². The van der Waals surface area contributed by atoms with Crippen LogP contribution in [-0.4, -0.2) is 15.0 Å². The molecule has 0 aliphatic rings. The highest BCUT2D eigenvalue weighted by molar-refractivity contribution is 6.33. The molecule has 7 aromatic rings. The molecule has 7 rings (SSSR count). The van der Waals surface area contributed by atoms with Crippen molar-refractivity contribution in [1.82, 2.24) is 15.0 Å². The molecule has 0 aliphatic carbocycles. The predicted molar refractivity (Wildman–Crippen MR) is 154 cm³/mol. The number of rotatable bonds is 4. The quantitative estimate of drug-likeness (QED) is 0.237. The van der Waals surface area contributed by atoms with Gasteiger partial charge in [0, 0.05) is 38.0 Å². The summed E-state index contributed by atoms with van der Waals surface area (Å²) >= 11 is 6.60. The molecule has 5 heteroatoms. The smallest absolute Gasteiger partial charge is 0.164 e. The van der Waals surface area contributed by atoms with Crippen LogP contribution in [0.4, 0.5) is 0 Å². The largest absolute Gasteiger partial charge is 0.456 e. The van der Waals surface area contributed by atoms with E-state index in [-0.39, 0.29) is 0 Å². The maximum absolute atomic E-state index is 6.60. The summed E-state index contributed by atoms with van der Waals surface area (Å²) in [6.07, 6.45) is 0. The fraction of sp³-hybridized carbons (Fsp3) is 0. The fourth-order valence-electron chi connectivity index (χ4n) is 4.72. The zero-order chi connectivity index (χ0) is 25.5. The number of furan rings is 1. The maximum Gasteiger partial charge on any atom is 0.164 e. The zero-order valence-corrected chi connectivity index (χ0v) is 20.9. The Bertz CT molecular complexity index is 1930. The lowest BCUT2D eigenvalue weighted by Gasteiger charge is -2.10. The van der Waals surface area contributed by atoms with Crippen molar-refractivity contribution in [3.63, 3.8) is 0 Å². The molecule has 0 spiro atoms. The summed E-state index contributed by atoms with van der Waals surface area (Å²) in [4.78, 5) is 14.7. The lowest BCUT2D eigenvalue weighted by atomic mass is 10.0. The molecule has 180 valence electrons. The number of benzene rings is 5. The Labute approximate surface area is 224 Å². The first-order valence-corrected chi connectivity index (χ1v) is 12.7. The van der Waals surface area contributed by atoms with Crippen LogP contribution in [-0.2, 0) is 0 Å². The van der Waals surface area contributed by atoms with Gasteiger partial charge in [0.1, 0.15) is 11.2 Å². The molecule has 4 nitrogen and oxygen atoms in total. The molecule has 0 aliphatic heterocycles. The van der Waals surface area contributed by atoms with Crippen molar-refractivity contribution < 1.29 is 4.42 Å². The van der Waals surface area contributed by atoms with E-state index in [2.05, 4.69) is 12.1 Å². The van der Waals surface area contributed by atoms with E-state index < -0.39 is 0 Å². The Balaban J connectivity index is 1.41. The lowest BCUT2D eigenvalue weighted by Crippen LogP contribution is -2.00. The van der Waals surface area contributed by atoms with Gasteiger partial charge >= 0.3 is 0 Å². The molecular weight excluding hydrogens is 490 g/mol. The van der Waals surface area contributed by atoms with Crippen LogP contribution in [0.1, 0.15) is 0 Å². The first-order valence-electron chi connectivity index (χ1n) is 12.3. The van der Waals surface area contributed by atoms with Crippen LogP contribution in [0.3, 0.4) is 0 Å². The average Bonchev–Trinajstić information content (AvgIpc) is 3.36. The van der Waals surface area contributed by atoms with Crippen molar-refractivity contribution in [2.45, 2.75) is 0 Å². The molecule has 2 aromatic heterocycles. The summed E-state index contributed by atoms with van der Waals surface area (Å²) in [6, 6.07) is 40.1. The standard InChI is InChI=1S/C33H20ClN3O/c34-28-18-16-23(19-27(28)21-9-3-1-4-10-21)32-35-31(22-11-5-2-6-12-22)36-33(37-32)24-15-17-26-25-13-7-8-14-29(25)38-30(26)20-24/h1-20H. The summed E-state index contributed by atoms with van der Waals surface area (Å²) in [7, 11) is 0. The fourth-order valence-corrected chi connectivity index (χ4v) is 4.95. The first-order chi connectivity index (χ1) is 18.7. The number of para-hydroxylation sites is 1. The van der Waals surface area contributed by atoms with Gasteiger partial charge in [0.2, 0.25) is 0 Å². The van der Waals surface area contributed by atoms with Crippen LogP contribution in [0, 0.1) is 0 Å². The molecule has 2 heterocycles. The van der Waals surface area contributed by atoms with Crippen LogP contribution < -0.4 is 0 Å². The number of fused-ring (bicyclic) bond motifs is 3. The van der Waals surface area contributed by atoms with Gasteiger partial charge in [-0.25, -0.2) is 15.0 Å². The van der Waals surface area contributed by atoms with Crippen molar-refractivity contribution in [3.05, 3.63) is 126 Å². The van der Waals surface area contributed by atoms with E-state index in [1.54, 1.807) is 0 Å². The molecule has 0 radical (unpaired) electrons. The molecule has 0 fully saturated rings. The predicted octanol–water partition coefficient (Wildman–Crippen LogP) is 9.09. The second kappa shape index (κ2) is 9.25. The third-order valence-electron chi connectivity index (χ3n) is 6.61. The molecule has 0 saturated heterocycles. The Morgan fingerprint density at radius 3 is 1.74 bits per heavy atom. The molecule has 5 aromatic carbocycles. The van der Waals surface area contributed by atoms with Crippen molar-refractivity contribution >= 4 is 33.5 Å². The zero-order valence-electron chi connectivity index (χ0n) is 20.2. The molecule has 0 N–H and O–H groups in total. The van der Waals surface area contributed by atoms with Crippen molar-refractivity contribution in [2.24, 2.45) is 0 Å². The van der Waals surface area contributed by atoms with E-state index in [0.717, 1.165) is 49.8 Å². The summed E-state index contributed by atoms with van der Waals surface area (Å²) in [6.45, 7) is 0. The lowest BCUT2D eigenvalue weighted by molar-refractivity contribution is 0.669. The van der Waals surface area contributed by atoms with E-state index >= 15 is 0 Å². The summed E-state index contributed by atoms with van der Waals surface area (Å²) < 4.78 is 6.14. The normalized spacial score (nSPS) is 11.3. The van der Waals surface area contributed by atoms with Gasteiger partial charge in [-0.05, 0) is 42.0 Å². The van der Waals surface area contributed by atoms with Gasteiger partial charge in [0.25, 0.3) is 0 Å². The minimum Gasteiger partial charge on any atom is -0.456 e. The Kier molecular flexibility index (Phi) is 5.46. The summed E-state index contributed by atoms with van der Waals surface area (Å²) in [5.41, 5.74) is 6.25. The first kappa shape index (κ1) is 22.4. The van der Waals surface area contributed by atoms with Gasteiger partial charge in [0.15, 0.2) is 17.5 Å². The summed E-state index contributed by atoms with van der Waals surface area (Å²) in [5, 5.41) is 2.82. The molecule has 38 heavy (non-hydrogen) atoms. The van der Waals surface area contributed by atoms with Gasteiger partial charge < -0.3 is 4.42 Å². The van der Waals surface area contributed by atoms with Crippen LogP contribution in [0.5, 0.6) is 0 Å². The highest BCUT2D eigenvalue weighted by atomic mass is 35.5. The highest BCUT2D eigenvalue weighted by Gasteiger charge is 2.15. The Morgan fingerprint density at radius 2 is 1.00 bits per heavy atom. The molecule has 0 atom stereocenters. The topological polar surface area (TPSA) is 51.8 Å². The van der Waals surface area contributed by atoms with Crippen LogP contribution in [0.2, 0.25) is 5.02 Å². The number of hydrogen-bond donors (Lipinski definition) is 0. The molecular formula is C33H20ClN3O. The third-order valence-corrected chi connectivity index (χ3v) is 6.94. The Morgan fingerprint density at radius 1 is 0.447 bits per heavy atom. The van der Waals surface area contributed by atoms with Crippen molar-refractivity contribution in [3.8, 4) is 45.3 Å². The molecule has 0 saturated carbocycles. The highest BCUT2D eigenvalue weighted by Crippen LogP contribution is 2.34. The summed E-state index contributed by atoms with van der Waals surface area (Å²) in [5.74, 6) is 1.76. The van der Waals surface area contributed by atoms with Crippen LogP contribution in [0.15, 0.2) is 126 Å². The SMILES string of the molecule is Clc1ccc(-c2nc(-c3ccccc3)nc(-c3ccc4c(c3)oc3ccccc34)n2)cc1-c1ccccc1. The number of nitrogens with zero attached hydrogens (tertiary/aromatic N) is 3. The molecule has 0 unspecified atom stereocenters. The van der Waals surface area contributed by atoms with E-state index in [4.69, 9.17) is 31.0 Å². The van der Waals surface area contributed by atoms with Gasteiger partial charge in [-0.2, -0.15) is 0 Å². The van der Waals surface area contributed by atoms with Gasteiger partial charge in [-0.1, -0.05) is 96.5 Å². The third kappa shape index (κ3) is 4.01. The number of halogens is 1. The maximum atomic E-state index is 6.60. The minimum absolute atomic E-state index is 0.576. The Hall–Kier alpha value is -4.80. The number of hydrogen-bond acceptors (Lipinski definition) is 4. The van der Waals surface area contributed by atoms with E-state index in [0.29, 0.717) is 22.5 Å². The van der Waals surface area contributed by atoms with Crippen LogP contribution >= 0.6 is 11.6 Å². The minimum atomic E-state index is 0.576. The van der Waals surface area contributed by atoms with Gasteiger partial charge in [0.05, 0.1) is 0 Å². The van der Waals surface area contributed by atoms with E-state index in [1.807, 2.05) is 109 Å². The molecule has 0 bridgehead atoms. The monoisotopic (exact) mass is 509 g/mol. The number of aromatic nitrogens is 3. The van der Waals surface area contributed by atoms with E-state index in [1.165, 1.54) is 0 Å². The molecule has 0 amide bonds. The van der Waals surface area contributed by atoms with Crippen molar-refractivity contribution in [1.29, 1.82) is 0 Å². The van der Waals surface area contributed by atoms with Crippen molar-refractivity contribution in [2.75, 3.05) is 0 Å². The second-order valence-electron chi connectivity index (χ2n) is 9.04.